The lowest BCUT2D eigenvalue weighted by Crippen LogP contribution is -1.85. The van der Waals surface area contributed by atoms with Crippen LogP contribution in [0.5, 0.6) is 0 Å². The van der Waals surface area contributed by atoms with E-state index in [4.69, 9.17) is 5.73 Å². The summed E-state index contributed by atoms with van der Waals surface area (Å²) in [6.45, 7) is 3.37. The zero-order chi connectivity index (χ0) is 5.54. The summed E-state index contributed by atoms with van der Waals surface area (Å²) >= 11 is 0. The molecule has 2 N–H and O–H groups in total. The van der Waals surface area contributed by atoms with Crippen LogP contribution in [0.15, 0.2) is 22.9 Å². The van der Waals surface area contributed by atoms with Crippen LogP contribution in [-0.2, 0) is 0 Å². The monoisotopic (exact) mass is 97.1 g/mol. The number of nitrogens with two attached hydrogens (primary N) is 1. The van der Waals surface area contributed by atoms with Crippen molar-refractivity contribution in [3.63, 3.8) is 0 Å². The fourth-order valence-electron chi connectivity index (χ4n) is 0.124. The normalized spacial score (nSPS) is 10.9. The molecule has 0 saturated carbocycles. The zero-order valence-corrected chi connectivity index (χ0v) is 3.91. The molecule has 38 valence electrons. The largest absolute Gasteiger partial charge is 0.388 e. The van der Waals surface area contributed by atoms with Gasteiger partial charge in [-0.15, -0.1) is 5.10 Å². The first kappa shape index (κ1) is 5.88. The van der Waals surface area contributed by atoms with Gasteiger partial charge in [0.2, 0.25) is 0 Å². The maximum Gasteiger partial charge on any atom is 0.108 e. The predicted octanol–water partition coefficient (Wildman–Crippen LogP) is 0.145. The van der Waals surface area contributed by atoms with Crippen molar-refractivity contribution in [2.45, 2.75) is 0 Å². The third-order valence-corrected chi connectivity index (χ3v) is 0.305. The molecule has 3 nitrogen and oxygen atoms in total. The van der Waals surface area contributed by atoms with Gasteiger partial charge in [0.05, 0.1) is 0 Å². The Hall–Kier alpha value is -1.12. The third kappa shape index (κ3) is 4.88. The molecule has 0 bridgehead atoms. The number of nitrogens with zero attached hydrogens (tertiary/aromatic N) is 2. The number of allylic oxidation sites excluding steroid dienone is 1. The van der Waals surface area contributed by atoms with Crippen LogP contribution < -0.4 is 5.73 Å². The van der Waals surface area contributed by atoms with E-state index in [1.165, 1.54) is 12.3 Å². The minimum absolute atomic E-state index is 1.11. The van der Waals surface area contributed by atoms with E-state index in [2.05, 4.69) is 16.8 Å². The minimum atomic E-state index is 1.11. The van der Waals surface area contributed by atoms with E-state index in [0.29, 0.717) is 0 Å². The second-order valence-electron chi connectivity index (χ2n) is 0.765. The Morgan fingerprint density at radius 1 is 1.43 bits per heavy atom. The molecule has 0 spiro atoms. The highest BCUT2D eigenvalue weighted by atomic mass is 15.2. The van der Waals surface area contributed by atoms with Crippen LogP contribution >= 0.6 is 0 Å². The molecule has 0 aromatic rings. The van der Waals surface area contributed by atoms with Gasteiger partial charge >= 0.3 is 0 Å². The fraction of sp³-hybridized carbons (Fsp3) is 0. The van der Waals surface area contributed by atoms with Gasteiger partial charge in [-0.2, -0.15) is 5.10 Å². The number of hydrogen-bond donors (Lipinski definition) is 1. The SMILES string of the molecule is C=C/C=N\N=C/N. The maximum atomic E-state index is 4.83. The summed E-state index contributed by atoms with van der Waals surface area (Å²) in [7, 11) is 0. The quantitative estimate of drug-likeness (QED) is 0.297. The maximum absolute atomic E-state index is 4.83. The first-order valence-corrected chi connectivity index (χ1v) is 1.79. The van der Waals surface area contributed by atoms with Crippen molar-refractivity contribution in [3.05, 3.63) is 12.7 Å². The van der Waals surface area contributed by atoms with E-state index in [0.717, 1.165) is 6.34 Å². The van der Waals surface area contributed by atoms with Gasteiger partial charge in [-0.3, -0.25) is 0 Å². The van der Waals surface area contributed by atoms with E-state index in [9.17, 15) is 0 Å². The molecule has 0 fully saturated rings. The summed E-state index contributed by atoms with van der Waals surface area (Å²) in [5, 5.41) is 6.72. The molecule has 0 aliphatic rings. The Bertz CT molecular complexity index is 93.1. The predicted molar refractivity (Wildman–Crippen MR) is 31.4 cm³/mol. The van der Waals surface area contributed by atoms with Crippen LogP contribution in [0, 0.1) is 0 Å². The van der Waals surface area contributed by atoms with Gasteiger partial charge in [0, 0.05) is 6.21 Å². The van der Waals surface area contributed by atoms with E-state index in [1.54, 1.807) is 0 Å². The van der Waals surface area contributed by atoms with Crippen LogP contribution in [0.4, 0.5) is 0 Å². The molecule has 0 rings (SSSR count). The Kier molecular flexibility index (Phi) is 4.10. The average molecular weight is 97.1 g/mol. The summed E-state index contributed by atoms with van der Waals surface area (Å²) in [6.07, 6.45) is 4.08. The highest BCUT2D eigenvalue weighted by Gasteiger charge is 1.52. The first-order valence-electron chi connectivity index (χ1n) is 1.79. The Morgan fingerprint density at radius 3 is 2.57 bits per heavy atom. The van der Waals surface area contributed by atoms with Crippen LogP contribution in [0.1, 0.15) is 0 Å². The van der Waals surface area contributed by atoms with Crippen LogP contribution in [-0.4, -0.2) is 12.6 Å². The standard InChI is InChI=1S/C4H7N3/c1-2-3-6-7-4-5/h2-4H,1H2,(H2,5,7)/b6-3-. The molecule has 7 heavy (non-hydrogen) atoms. The zero-order valence-electron chi connectivity index (χ0n) is 3.91. The van der Waals surface area contributed by atoms with Gasteiger partial charge < -0.3 is 5.73 Å². The fourth-order valence-corrected chi connectivity index (χ4v) is 0.124. The van der Waals surface area contributed by atoms with Crippen molar-refractivity contribution in [2.24, 2.45) is 15.9 Å². The molecule has 0 aliphatic heterocycles. The van der Waals surface area contributed by atoms with Crippen molar-refractivity contribution in [3.8, 4) is 0 Å². The van der Waals surface area contributed by atoms with Crippen molar-refractivity contribution in [2.75, 3.05) is 0 Å². The lowest BCUT2D eigenvalue weighted by molar-refractivity contribution is 1.26. The molecule has 0 amide bonds. The molecular formula is C4H7N3. The van der Waals surface area contributed by atoms with E-state index in [1.807, 2.05) is 0 Å². The van der Waals surface area contributed by atoms with E-state index < -0.39 is 0 Å². The summed E-state index contributed by atoms with van der Waals surface area (Å²) in [5.74, 6) is 0. The van der Waals surface area contributed by atoms with Gasteiger partial charge in [-0.1, -0.05) is 6.58 Å². The van der Waals surface area contributed by atoms with Crippen molar-refractivity contribution >= 4 is 12.6 Å². The Labute approximate surface area is 42.2 Å². The molecule has 0 saturated heterocycles. The highest BCUT2D eigenvalue weighted by Crippen LogP contribution is 1.61. The van der Waals surface area contributed by atoms with Crippen molar-refractivity contribution in [1.82, 2.24) is 0 Å². The van der Waals surface area contributed by atoms with Gasteiger partial charge in [-0.25, -0.2) is 0 Å². The van der Waals surface area contributed by atoms with Crippen LogP contribution in [0.2, 0.25) is 0 Å². The lowest BCUT2D eigenvalue weighted by Gasteiger charge is -1.67. The summed E-state index contributed by atoms with van der Waals surface area (Å²) in [6, 6.07) is 0. The third-order valence-electron chi connectivity index (χ3n) is 0.305. The van der Waals surface area contributed by atoms with Crippen LogP contribution in [0.25, 0.3) is 0 Å². The second kappa shape index (κ2) is 4.88. The highest BCUT2D eigenvalue weighted by molar-refractivity contribution is 5.70. The first-order chi connectivity index (χ1) is 3.41. The molecule has 0 aliphatic carbocycles. The van der Waals surface area contributed by atoms with Gasteiger partial charge in [0.1, 0.15) is 6.34 Å². The topological polar surface area (TPSA) is 50.7 Å². The van der Waals surface area contributed by atoms with Crippen LogP contribution in [0.3, 0.4) is 0 Å². The Morgan fingerprint density at radius 2 is 2.14 bits per heavy atom. The van der Waals surface area contributed by atoms with E-state index in [-0.39, 0.29) is 0 Å². The molecule has 0 aromatic heterocycles. The van der Waals surface area contributed by atoms with Gasteiger partial charge in [0.25, 0.3) is 0 Å². The number of rotatable bonds is 2. The molecule has 0 radical (unpaired) electrons. The van der Waals surface area contributed by atoms with Gasteiger partial charge in [0.15, 0.2) is 0 Å². The Balaban J connectivity index is 3.27. The average Bonchev–Trinajstić information content (AvgIpc) is 1.69. The summed E-state index contributed by atoms with van der Waals surface area (Å²) in [4.78, 5) is 0. The van der Waals surface area contributed by atoms with E-state index >= 15 is 0 Å². The summed E-state index contributed by atoms with van der Waals surface area (Å²) in [5.41, 5.74) is 4.83. The second-order valence-corrected chi connectivity index (χ2v) is 0.765. The number of hydrogen-bond acceptors (Lipinski definition) is 2. The minimum Gasteiger partial charge on any atom is -0.388 e. The molecule has 3 heteroatoms. The molecule has 0 aromatic carbocycles. The molecular weight excluding hydrogens is 90.1 g/mol. The smallest absolute Gasteiger partial charge is 0.108 e. The van der Waals surface area contributed by atoms with Gasteiger partial charge in [-0.05, 0) is 6.08 Å². The molecule has 0 unspecified atom stereocenters. The molecule has 0 heterocycles. The lowest BCUT2D eigenvalue weighted by atomic mass is 10.7. The van der Waals surface area contributed by atoms with Crippen molar-refractivity contribution in [1.29, 1.82) is 0 Å². The van der Waals surface area contributed by atoms with Crippen molar-refractivity contribution < 1.29 is 0 Å². The summed E-state index contributed by atoms with van der Waals surface area (Å²) < 4.78 is 0. The molecule has 0 atom stereocenters.